The molecule has 0 atom stereocenters. The van der Waals surface area contributed by atoms with E-state index >= 15 is 0 Å². The summed E-state index contributed by atoms with van der Waals surface area (Å²) in [4.78, 5) is 4.58. The maximum Gasteiger partial charge on any atom is 0.140 e. The van der Waals surface area contributed by atoms with E-state index in [4.69, 9.17) is 16.3 Å². The van der Waals surface area contributed by atoms with E-state index in [1.165, 1.54) is 11.1 Å². The van der Waals surface area contributed by atoms with Crippen molar-refractivity contribution in [3.63, 3.8) is 0 Å². The lowest BCUT2D eigenvalue weighted by Crippen LogP contribution is -2.22. The number of aromatic nitrogens is 2. The first kappa shape index (κ1) is 14.6. The monoisotopic (exact) mass is 304 g/mol. The normalized spacial score (nSPS) is 22.4. The van der Waals surface area contributed by atoms with Crippen LogP contribution >= 0.6 is 11.6 Å². The summed E-state index contributed by atoms with van der Waals surface area (Å²) in [5, 5.41) is 0.773. The van der Waals surface area contributed by atoms with Gasteiger partial charge in [-0.1, -0.05) is 11.6 Å². The van der Waals surface area contributed by atoms with Crippen LogP contribution in [0.1, 0.15) is 37.3 Å². The van der Waals surface area contributed by atoms with Gasteiger partial charge in [-0.2, -0.15) is 0 Å². The van der Waals surface area contributed by atoms with Crippen LogP contribution in [0.15, 0.2) is 30.6 Å². The Bertz CT molecular complexity index is 615. The molecule has 1 aliphatic carbocycles. The summed E-state index contributed by atoms with van der Waals surface area (Å²) in [7, 11) is 1.81. The highest BCUT2D eigenvalue weighted by Crippen LogP contribution is 2.34. The largest absolute Gasteiger partial charge is 0.381 e. The van der Waals surface area contributed by atoms with Crippen LogP contribution in [-0.4, -0.2) is 22.8 Å². The second-order valence-corrected chi connectivity index (χ2v) is 6.22. The molecule has 4 heteroatoms. The molecule has 0 spiro atoms. The molecule has 1 aliphatic rings. The van der Waals surface area contributed by atoms with Crippen molar-refractivity contribution in [3.05, 3.63) is 41.2 Å². The molecule has 21 heavy (non-hydrogen) atoms. The molecule has 0 amide bonds. The van der Waals surface area contributed by atoms with Crippen molar-refractivity contribution in [3.8, 4) is 11.4 Å². The summed E-state index contributed by atoms with van der Waals surface area (Å²) in [6.07, 6.45) is 8.96. The van der Waals surface area contributed by atoms with Gasteiger partial charge < -0.3 is 9.30 Å². The average Bonchev–Trinajstić information content (AvgIpc) is 2.96. The Morgan fingerprint density at radius 2 is 2.00 bits per heavy atom. The molecule has 1 aromatic heterocycles. The number of halogens is 1. The van der Waals surface area contributed by atoms with Gasteiger partial charge in [0, 0.05) is 36.1 Å². The second-order valence-electron chi connectivity index (χ2n) is 5.78. The number of hydrogen-bond donors (Lipinski definition) is 0. The Morgan fingerprint density at radius 3 is 2.67 bits per heavy atom. The van der Waals surface area contributed by atoms with Gasteiger partial charge in [-0.3, -0.25) is 0 Å². The highest BCUT2D eigenvalue weighted by Gasteiger charge is 2.24. The van der Waals surface area contributed by atoms with E-state index in [-0.39, 0.29) is 0 Å². The zero-order valence-electron chi connectivity index (χ0n) is 12.6. The van der Waals surface area contributed by atoms with Gasteiger partial charge in [0.2, 0.25) is 0 Å². The molecule has 0 bridgehead atoms. The summed E-state index contributed by atoms with van der Waals surface area (Å²) in [6, 6.07) is 6.52. The minimum Gasteiger partial charge on any atom is -0.381 e. The van der Waals surface area contributed by atoms with E-state index < -0.39 is 0 Å². The number of ether oxygens (including phenoxy) is 1. The molecule has 3 nitrogen and oxygen atoms in total. The first-order chi connectivity index (χ1) is 10.2. The summed E-state index contributed by atoms with van der Waals surface area (Å²) >= 11 is 6.06. The summed E-state index contributed by atoms with van der Waals surface area (Å²) in [5.74, 6) is 1.05. The number of methoxy groups -OCH3 is 1. The van der Waals surface area contributed by atoms with Crippen LogP contribution in [0.2, 0.25) is 5.02 Å². The standard InChI is InChI=1S/C17H21ClN2O/c1-12-11-13(18)3-8-16(12)17-19-9-10-20(17)14-4-6-15(21-2)7-5-14/h3,8-11,14-15H,4-7H2,1-2H3. The topological polar surface area (TPSA) is 27.1 Å². The fourth-order valence-electron chi connectivity index (χ4n) is 3.25. The molecule has 1 fully saturated rings. The quantitative estimate of drug-likeness (QED) is 0.826. The van der Waals surface area contributed by atoms with Crippen LogP contribution in [0.5, 0.6) is 0 Å². The number of nitrogens with zero attached hydrogens (tertiary/aromatic N) is 2. The molecular formula is C17H21ClN2O. The number of benzene rings is 1. The Balaban J connectivity index is 1.87. The maximum absolute atomic E-state index is 6.06. The minimum atomic E-state index is 0.422. The molecule has 0 aliphatic heterocycles. The fourth-order valence-corrected chi connectivity index (χ4v) is 3.48. The first-order valence-corrected chi connectivity index (χ1v) is 7.89. The average molecular weight is 305 g/mol. The van der Waals surface area contributed by atoms with Crippen LogP contribution in [0.4, 0.5) is 0 Å². The fraction of sp³-hybridized carbons (Fsp3) is 0.471. The SMILES string of the molecule is COC1CCC(n2ccnc2-c2ccc(Cl)cc2C)CC1. The van der Waals surface area contributed by atoms with Crippen molar-refractivity contribution < 1.29 is 4.74 Å². The van der Waals surface area contributed by atoms with Crippen molar-refractivity contribution in [2.75, 3.05) is 7.11 Å². The molecule has 1 saturated carbocycles. The van der Waals surface area contributed by atoms with E-state index in [1.807, 2.05) is 25.4 Å². The molecule has 3 rings (SSSR count). The molecule has 2 aromatic rings. The van der Waals surface area contributed by atoms with Gasteiger partial charge in [0.1, 0.15) is 5.82 Å². The second kappa shape index (κ2) is 6.20. The number of rotatable bonds is 3. The molecule has 1 aromatic carbocycles. The molecular weight excluding hydrogens is 284 g/mol. The van der Waals surface area contributed by atoms with Crippen LogP contribution < -0.4 is 0 Å². The molecule has 0 saturated heterocycles. The first-order valence-electron chi connectivity index (χ1n) is 7.51. The van der Waals surface area contributed by atoms with Crippen molar-refractivity contribution in [2.24, 2.45) is 0 Å². The Labute approximate surface area is 130 Å². The van der Waals surface area contributed by atoms with Gasteiger partial charge in [-0.05, 0) is 56.4 Å². The lowest BCUT2D eigenvalue weighted by atomic mass is 9.92. The molecule has 0 N–H and O–H groups in total. The smallest absolute Gasteiger partial charge is 0.140 e. The zero-order chi connectivity index (χ0) is 14.8. The third kappa shape index (κ3) is 2.99. The lowest BCUT2D eigenvalue weighted by Gasteiger charge is -2.29. The van der Waals surface area contributed by atoms with Gasteiger partial charge in [-0.15, -0.1) is 0 Å². The molecule has 0 radical (unpaired) electrons. The van der Waals surface area contributed by atoms with Crippen molar-refractivity contribution >= 4 is 11.6 Å². The number of aryl methyl sites for hydroxylation is 1. The predicted molar refractivity (Wildman–Crippen MR) is 85.7 cm³/mol. The van der Waals surface area contributed by atoms with Crippen LogP contribution in [-0.2, 0) is 4.74 Å². The Kier molecular flexibility index (Phi) is 4.32. The molecule has 0 unspecified atom stereocenters. The van der Waals surface area contributed by atoms with Crippen molar-refractivity contribution in [1.29, 1.82) is 0 Å². The Morgan fingerprint density at radius 1 is 1.24 bits per heavy atom. The van der Waals surface area contributed by atoms with Gasteiger partial charge in [0.25, 0.3) is 0 Å². The van der Waals surface area contributed by atoms with Gasteiger partial charge in [0.05, 0.1) is 6.10 Å². The molecule has 112 valence electrons. The maximum atomic E-state index is 6.06. The van der Waals surface area contributed by atoms with Crippen LogP contribution in [0, 0.1) is 6.92 Å². The predicted octanol–water partition coefficient (Wildman–Crippen LogP) is 4.64. The highest BCUT2D eigenvalue weighted by molar-refractivity contribution is 6.30. The van der Waals surface area contributed by atoms with Crippen molar-refractivity contribution in [1.82, 2.24) is 9.55 Å². The molecule has 1 heterocycles. The van der Waals surface area contributed by atoms with Crippen LogP contribution in [0.25, 0.3) is 11.4 Å². The minimum absolute atomic E-state index is 0.422. The van der Waals surface area contributed by atoms with Crippen molar-refractivity contribution in [2.45, 2.75) is 44.8 Å². The third-order valence-corrected chi connectivity index (χ3v) is 4.70. The Hall–Kier alpha value is -1.32. The van der Waals surface area contributed by atoms with Gasteiger partial charge in [-0.25, -0.2) is 4.98 Å². The van der Waals surface area contributed by atoms with Crippen LogP contribution in [0.3, 0.4) is 0 Å². The van der Waals surface area contributed by atoms with E-state index in [1.54, 1.807) is 0 Å². The van der Waals surface area contributed by atoms with E-state index in [0.29, 0.717) is 12.1 Å². The number of imidazole rings is 1. The van der Waals surface area contributed by atoms with E-state index in [9.17, 15) is 0 Å². The van der Waals surface area contributed by atoms with E-state index in [2.05, 4.69) is 28.7 Å². The zero-order valence-corrected chi connectivity index (χ0v) is 13.3. The van der Waals surface area contributed by atoms with E-state index in [0.717, 1.165) is 36.5 Å². The van der Waals surface area contributed by atoms with Gasteiger partial charge >= 0.3 is 0 Å². The summed E-state index contributed by atoms with van der Waals surface area (Å²) in [5.41, 5.74) is 2.33. The highest BCUT2D eigenvalue weighted by atomic mass is 35.5. The third-order valence-electron chi connectivity index (χ3n) is 4.47. The lowest BCUT2D eigenvalue weighted by molar-refractivity contribution is 0.0586. The van der Waals surface area contributed by atoms with Gasteiger partial charge in [0.15, 0.2) is 0 Å². The summed E-state index contributed by atoms with van der Waals surface area (Å²) < 4.78 is 7.79. The number of hydrogen-bond acceptors (Lipinski definition) is 2. The summed E-state index contributed by atoms with van der Waals surface area (Å²) in [6.45, 7) is 2.09.